The van der Waals surface area contributed by atoms with Crippen molar-refractivity contribution >= 4 is 45.7 Å². The number of aromatic hydroxyl groups is 1. The Hall–Kier alpha value is -2.50. The van der Waals surface area contributed by atoms with E-state index in [0.29, 0.717) is 28.0 Å². The highest BCUT2D eigenvalue weighted by Crippen LogP contribution is 2.36. The molecule has 0 saturated carbocycles. The van der Waals surface area contributed by atoms with Gasteiger partial charge in [0.2, 0.25) is 0 Å². The summed E-state index contributed by atoms with van der Waals surface area (Å²) < 4.78 is 1.57. The molecule has 0 spiro atoms. The fraction of sp³-hybridized carbons (Fsp3) is 0.158. The summed E-state index contributed by atoms with van der Waals surface area (Å²) in [6.07, 6.45) is 0.681. The molecule has 2 heterocycles. The van der Waals surface area contributed by atoms with E-state index in [-0.39, 0.29) is 22.4 Å². The van der Waals surface area contributed by atoms with Crippen LogP contribution in [-0.4, -0.2) is 15.6 Å². The van der Waals surface area contributed by atoms with Crippen LogP contribution in [0.4, 0.5) is 5.69 Å². The third-order valence-electron chi connectivity index (χ3n) is 4.65. The zero-order valence-electron chi connectivity index (χ0n) is 13.7. The molecule has 26 heavy (non-hydrogen) atoms. The Morgan fingerprint density at radius 1 is 1.27 bits per heavy atom. The van der Waals surface area contributed by atoms with E-state index in [1.54, 1.807) is 16.7 Å². The van der Waals surface area contributed by atoms with Gasteiger partial charge in [-0.15, -0.1) is 0 Å². The lowest BCUT2D eigenvalue weighted by molar-refractivity contribution is 0.102. The van der Waals surface area contributed by atoms with Gasteiger partial charge in [0.1, 0.15) is 11.3 Å². The van der Waals surface area contributed by atoms with Crippen LogP contribution in [0.3, 0.4) is 0 Å². The van der Waals surface area contributed by atoms with Gasteiger partial charge in [0.25, 0.3) is 11.5 Å². The number of carbonyl (C=O) groups excluding carboxylic acids is 1. The molecule has 0 radical (unpaired) electrons. The predicted molar refractivity (Wildman–Crippen MR) is 103 cm³/mol. The molecule has 0 aliphatic carbocycles. The summed E-state index contributed by atoms with van der Waals surface area (Å²) >= 11 is 11.9. The first-order chi connectivity index (χ1) is 12.4. The van der Waals surface area contributed by atoms with Gasteiger partial charge in [0.15, 0.2) is 0 Å². The van der Waals surface area contributed by atoms with Crippen molar-refractivity contribution in [2.24, 2.45) is 0 Å². The van der Waals surface area contributed by atoms with Gasteiger partial charge in [0, 0.05) is 16.5 Å². The third kappa shape index (κ3) is 2.47. The van der Waals surface area contributed by atoms with Crippen LogP contribution in [0.25, 0.3) is 10.9 Å². The molecule has 1 aromatic heterocycles. The predicted octanol–water partition coefficient (Wildman–Crippen LogP) is 4.38. The number of hydrogen-bond donors (Lipinski definition) is 2. The Labute approximate surface area is 158 Å². The van der Waals surface area contributed by atoms with Gasteiger partial charge in [0.05, 0.1) is 16.2 Å². The summed E-state index contributed by atoms with van der Waals surface area (Å²) in [4.78, 5) is 25.7. The van der Waals surface area contributed by atoms with Gasteiger partial charge < -0.3 is 15.0 Å². The lowest BCUT2D eigenvalue weighted by atomic mass is 10.1. The van der Waals surface area contributed by atoms with E-state index in [4.69, 9.17) is 23.2 Å². The molecule has 5 nitrogen and oxygen atoms in total. The molecule has 132 valence electrons. The van der Waals surface area contributed by atoms with E-state index in [1.807, 2.05) is 19.1 Å². The topological polar surface area (TPSA) is 71.3 Å². The third-order valence-corrected chi connectivity index (χ3v) is 5.20. The summed E-state index contributed by atoms with van der Waals surface area (Å²) in [5, 5.41) is 14.4. The first-order valence-electron chi connectivity index (χ1n) is 8.04. The number of nitrogens with one attached hydrogen (secondary N) is 1. The van der Waals surface area contributed by atoms with Crippen molar-refractivity contribution in [2.45, 2.75) is 19.4 Å². The lowest BCUT2D eigenvalue weighted by Gasteiger charge is -2.14. The molecule has 0 unspecified atom stereocenters. The van der Waals surface area contributed by atoms with Crippen molar-refractivity contribution in [3.8, 4) is 5.75 Å². The maximum absolute atomic E-state index is 12.9. The summed E-state index contributed by atoms with van der Waals surface area (Å²) in [6, 6.07) is 9.95. The Bertz CT molecular complexity index is 1140. The summed E-state index contributed by atoms with van der Waals surface area (Å²) in [5.74, 6) is -1.04. The van der Waals surface area contributed by atoms with Crippen LogP contribution in [0.2, 0.25) is 10.0 Å². The number of rotatable bonds is 2. The van der Waals surface area contributed by atoms with Crippen LogP contribution >= 0.6 is 23.2 Å². The molecule has 2 aromatic carbocycles. The standard InChI is InChI=1S/C19H14Cl2N2O3/c1-9-7-10-3-2-4-12-16(10)23(9)19(26)15(17(12)24)18(25)22-14-6-5-11(20)8-13(14)21/h2-6,8-9,24H,7H2,1H3,(H,22,25)/t9-/m0/s1. The number of aromatic nitrogens is 1. The van der Waals surface area contributed by atoms with Crippen LogP contribution < -0.4 is 10.9 Å². The number of para-hydroxylation sites is 1. The minimum absolute atomic E-state index is 0.0892. The number of pyridine rings is 1. The molecule has 2 N–H and O–H groups in total. The van der Waals surface area contributed by atoms with Crippen LogP contribution in [0.5, 0.6) is 5.75 Å². The minimum Gasteiger partial charge on any atom is -0.506 e. The average Bonchev–Trinajstić information content (AvgIpc) is 2.92. The first-order valence-corrected chi connectivity index (χ1v) is 8.79. The molecule has 0 fully saturated rings. The zero-order chi connectivity index (χ0) is 18.6. The van der Waals surface area contributed by atoms with E-state index in [2.05, 4.69) is 5.32 Å². The number of benzene rings is 2. The molecule has 1 amide bonds. The molecular formula is C19H14Cl2N2O3. The molecule has 0 bridgehead atoms. The van der Waals surface area contributed by atoms with Crippen molar-refractivity contribution < 1.29 is 9.90 Å². The van der Waals surface area contributed by atoms with Gasteiger partial charge in [-0.05, 0) is 43.2 Å². The summed E-state index contributed by atoms with van der Waals surface area (Å²) in [6.45, 7) is 1.91. The minimum atomic E-state index is -0.716. The van der Waals surface area contributed by atoms with Gasteiger partial charge in [-0.3, -0.25) is 9.59 Å². The van der Waals surface area contributed by atoms with Gasteiger partial charge in [-0.1, -0.05) is 35.3 Å². The Morgan fingerprint density at radius 3 is 2.77 bits per heavy atom. The monoisotopic (exact) mass is 388 g/mol. The van der Waals surface area contributed by atoms with Gasteiger partial charge in [-0.25, -0.2) is 0 Å². The maximum Gasteiger partial charge on any atom is 0.268 e. The second-order valence-corrected chi connectivity index (χ2v) is 7.19. The van der Waals surface area contributed by atoms with E-state index >= 15 is 0 Å². The van der Waals surface area contributed by atoms with Crippen molar-refractivity contribution in [1.82, 2.24) is 4.57 Å². The number of nitrogens with zero attached hydrogens (tertiary/aromatic N) is 1. The number of halogens is 2. The average molecular weight is 389 g/mol. The number of anilines is 1. The van der Waals surface area contributed by atoms with Crippen molar-refractivity contribution in [2.75, 3.05) is 5.32 Å². The smallest absolute Gasteiger partial charge is 0.268 e. The second kappa shape index (κ2) is 6.04. The van der Waals surface area contributed by atoms with Crippen molar-refractivity contribution in [3.63, 3.8) is 0 Å². The molecule has 1 aliphatic rings. The largest absolute Gasteiger partial charge is 0.506 e. The van der Waals surface area contributed by atoms with E-state index in [0.717, 1.165) is 5.56 Å². The molecule has 7 heteroatoms. The number of amides is 1. The second-order valence-electron chi connectivity index (χ2n) is 6.34. The van der Waals surface area contributed by atoms with E-state index < -0.39 is 11.5 Å². The SMILES string of the molecule is C[C@H]1Cc2cccc3c(O)c(C(=O)Nc4ccc(Cl)cc4Cl)c(=O)n1c23. The zero-order valence-corrected chi connectivity index (χ0v) is 15.2. The quantitative estimate of drug-likeness (QED) is 0.683. The maximum atomic E-state index is 12.9. The molecule has 3 aromatic rings. The number of hydrogen-bond acceptors (Lipinski definition) is 3. The molecule has 1 aliphatic heterocycles. The van der Waals surface area contributed by atoms with Crippen molar-refractivity contribution in [3.05, 3.63) is 67.9 Å². The number of carbonyl (C=O) groups is 1. The molecule has 0 saturated heterocycles. The summed E-state index contributed by atoms with van der Waals surface area (Å²) in [5.41, 5.74) is 1.16. The highest BCUT2D eigenvalue weighted by molar-refractivity contribution is 6.36. The summed E-state index contributed by atoms with van der Waals surface area (Å²) in [7, 11) is 0. The first kappa shape index (κ1) is 16.9. The fourth-order valence-electron chi connectivity index (χ4n) is 3.50. The Kier molecular flexibility index (Phi) is 3.93. The fourth-order valence-corrected chi connectivity index (χ4v) is 3.96. The van der Waals surface area contributed by atoms with Crippen LogP contribution in [0.1, 0.15) is 28.9 Å². The Balaban J connectivity index is 1.88. The van der Waals surface area contributed by atoms with Crippen LogP contribution in [0.15, 0.2) is 41.2 Å². The molecule has 4 rings (SSSR count). The Morgan fingerprint density at radius 2 is 2.04 bits per heavy atom. The van der Waals surface area contributed by atoms with Crippen LogP contribution in [0, 0.1) is 0 Å². The van der Waals surface area contributed by atoms with Gasteiger partial charge in [-0.2, -0.15) is 0 Å². The van der Waals surface area contributed by atoms with Crippen LogP contribution in [-0.2, 0) is 6.42 Å². The van der Waals surface area contributed by atoms with Gasteiger partial charge >= 0.3 is 0 Å². The highest BCUT2D eigenvalue weighted by Gasteiger charge is 2.29. The highest BCUT2D eigenvalue weighted by atomic mass is 35.5. The van der Waals surface area contributed by atoms with Crippen molar-refractivity contribution in [1.29, 1.82) is 0 Å². The molecule has 1 atom stereocenters. The lowest BCUT2D eigenvalue weighted by Crippen LogP contribution is -2.30. The van der Waals surface area contributed by atoms with E-state index in [9.17, 15) is 14.7 Å². The van der Waals surface area contributed by atoms with E-state index in [1.165, 1.54) is 12.1 Å². The molecular weight excluding hydrogens is 375 g/mol. The normalized spacial score (nSPS) is 15.4.